The summed E-state index contributed by atoms with van der Waals surface area (Å²) in [7, 11) is 2.98. The van der Waals surface area contributed by atoms with Crippen molar-refractivity contribution in [3.8, 4) is 11.5 Å². The van der Waals surface area contributed by atoms with Crippen LogP contribution in [0.15, 0.2) is 52.6 Å². The number of carboxylic acids is 1. The highest BCUT2D eigenvalue weighted by atomic mass is 79.9. The minimum atomic E-state index is -1.27. The van der Waals surface area contributed by atoms with Crippen molar-refractivity contribution in [3.63, 3.8) is 0 Å². The lowest BCUT2D eigenvalue weighted by Gasteiger charge is -2.10. The lowest BCUT2D eigenvalue weighted by molar-refractivity contribution is -0.132. The SMILES string of the molecule is COc1ccc(C=C(NC(=O)c2ccccc2Br)C(=O)O)c(OC)c1. The van der Waals surface area contributed by atoms with Crippen LogP contribution in [0.25, 0.3) is 6.08 Å². The number of methoxy groups -OCH3 is 2. The van der Waals surface area contributed by atoms with E-state index < -0.39 is 11.9 Å². The fourth-order valence-electron chi connectivity index (χ4n) is 2.08. The summed E-state index contributed by atoms with van der Waals surface area (Å²) >= 11 is 3.27. The van der Waals surface area contributed by atoms with Gasteiger partial charge < -0.3 is 19.9 Å². The number of aliphatic carboxylic acids is 1. The molecular weight excluding hydrogens is 390 g/mol. The molecule has 0 bridgehead atoms. The molecule has 2 rings (SSSR count). The summed E-state index contributed by atoms with van der Waals surface area (Å²) in [5.74, 6) is -0.803. The minimum absolute atomic E-state index is 0.274. The highest BCUT2D eigenvalue weighted by molar-refractivity contribution is 9.10. The number of carbonyl (C=O) groups is 2. The Kier molecular flexibility index (Phi) is 6.19. The number of carbonyl (C=O) groups excluding carboxylic acids is 1. The summed E-state index contributed by atoms with van der Waals surface area (Å²) < 4.78 is 10.9. The molecule has 0 fully saturated rings. The van der Waals surface area contributed by atoms with Crippen LogP contribution in [0.2, 0.25) is 0 Å². The third kappa shape index (κ3) is 4.60. The maximum absolute atomic E-state index is 12.3. The van der Waals surface area contributed by atoms with Crippen LogP contribution in [0.3, 0.4) is 0 Å². The summed E-state index contributed by atoms with van der Waals surface area (Å²) in [5.41, 5.74) is 0.550. The van der Waals surface area contributed by atoms with Gasteiger partial charge in [-0.05, 0) is 46.3 Å². The van der Waals surface area contributed by atoms with Crippen molar-refractivity contribution in [2.45, 2.75) is 0 Å². The molecule has 0 saturated carbocycles. The number of nitrogens with one attached hydrogen (secondary N) is 1. The number of halogens is 1. The van der Waals surface area contributed by atoms with E-state index in [1.54, 1.807) is 42.5 Å². The van der Waals surface area contributed by atoms with E-state index in [2.05, 4.69) is 21.2 Å². The Hall–Kier alpha value is -2.80. The zero-order valence-electron chi connectivity index (χ0n) is 13.6. The number of hydrogen-bond donors (Lipinski definition) is 2. The van der Waals surface area contributed by atoms with Crippen LogP contribution in [0, 0.1) is 0 Å². The highest BCUT2D eigenvalue weighted by Crippen LogP contribution is 2.26. The highest BCUT2D eigenvalue weighted by Gasteiger charge is 2.16. The second kappa shape index (κ2) is 8.34. The number of amides is 1. The number of rotatable bonds is 6. The van der Waals surface area contributed by atoms with Gasteiger partial charge in [0.1, 0.15) is 17.2 Å². The van der Waals surface area contributed by atoms with Crippen molar-refractivity contribution in [2.75, 3.05) is 14.2 Å². The molecule has 0 heterocycles. The molecule has 1 amide bonds. The van der Waals surface area contributed by atoms with Crippen molar-refractivity contribution in [1.82, 2.24) is 5.32 Å². The van der Waals surface area contributed by atoms with Gasteiger partial charge in [0.15, 0.2) is 0 Å². The van der Waals surface area contributed by atoms with Crippen molar-refractivity contribution in [1.29, 1.82) is 0 Å². The van der Waals surface area contributed by atoms with Gasteiger partial charge >= 0.3 is 5.97 Å². The normalized spacial score (nSPS) is 10.9. The number of benzene rings is 2. The molecule has 130 valence electrons. The van der Waals surface area contributed by atoms with E-state index in [9.17, 15) is 14.7 Å². The molecule has 6 nitrogen and oxygen atoms in total. The Morgan fingerprint density at radius 2 is 1.84 bits per heavy atom. The van der Waals surface area contributed by atoms with Gasteiger partial charge in [0, 0.05) is 16.1 Å². The fourth-order valence-corrected chi connectivity index (χ4v) is 2.54. The minimum Gasteiger partial charge on any atom is -0.497 e. The number of ether oxygens (including phenoxy) is 2. The van der Waals surface area contributed by atoms with E-state index in [1.165, 1.54) is 20.3 Å². The van der Waals surface area contributed by atoms with Crippen molar-refractivity contribution in [3.05, 3.63) is 63.8 Å². The Morgan fingerprint density at radius 1 is 1.12 bits per heavy atom. The Bertz CT molecular complexity index is 832. The van der Waals surface area contributed by atoms with Gasteiger partial charge in [-0.3, -0.25) is 4.79 Å². The summed E-state index contributed by atoms with van der Waals surface area (Å²) in [5, 5.41) is 11.8. The Labute approximate surface area is 153 Å². The van der Waals surface area contributed by atoms with E-state index in [0.717, 1.165) is 0 Å². The third-order valence-electron chi connectivity index (χ3n) is 3.34. The summed E-state index contributed by atoms with van der Waals surface area (Å²) in [6, 6.07) is 11.7. The van der Waals surface area contributed by atoms with Crippen LogP contribution in [0.1, 0.15) is 15.9 Å². The van der Waals surface area contributed by atoms with Gasteiger partial charge in [0.05, 0.1) is 19.8 Å². The van der Waals surface area contributed by atoms with Crippen LogP contribution < -0.4 is 14.8 Å². The topological polar surface area (TPSA) is 84.9 Å². The molecule has 0 saturated heterocycles. The Balaban J connectivity index is 2.35. The molecule has 0 aliphatic carbocycles. The molecule has 0 unspecified atom stereocenters. The van der Waals surface area contributed by atoms with Crippen LogP contribution in [0.4, 0.5) is 0 Å². The van der Waals surface area contributed by atoms with Crippen LogP contribution in [-0.4, -0.2) is 31.2 Å². The number of carboxylic acid groups (broad SMARTS) is 1. The van der Waals surface area contributed by atoms with E-state index in [1.807, 2.05) is 0 Å². The van der Waals surface area contributed by atoms with Gasteiger partial charge in [-0.2, -0.15) is 0 Å². The Morgan fingerprint density at radius 3 is 2.44 bits per heavy atom. The van der Waals surface area contributed by atoms with E-state index >= 15 is 0 Å². The quantitative estimate of drug-likeness (QED) is 0.719. The molecule has 0 spiro atoms. The molecule has 2 aromatic rings. The first-order valence-corrected chi connectivity index (χ1v) is 7.98. The average Bonchev–Trinajstić information content (AvgIpc) is 2.61. The molecule has 0 radical (unpaired) electrons. The second-order valence-corrected chi connectivity index (χ2v) is 5.76. The largest absolute Gasteiger partial charge is 0.497 e. The lowest BCUT2D eigenvalue weighted by Crippen LogP contribution is -2.27. The molecule has 0 aromatic heterocycles. The van der Waals surface area contributed by atoms with Gasteiger partial charge in [-0.15, -0.1) is 0 Å². The lowest BCUT2D eigenvalue weighted by atomic mass is 10.1. The number of hydrogen-bond acceptors (Lipinski definition) is 4. The van der Waals surface area contributed by atoms with Crippen molar-refractivity contribution < 1.29 is 24.2 Å². The maximum Gasteiger partial charge on any atom is 0.352 e. The van der Waals surface area contributed by atoms with E-state index in [-0.39, 0.29) is 5.70 Å². The molecule has 7 heteroatoms. The first-order chi connectivity index (χ1) is 12.0. The first kappa shape index (κ1) is 18.5. The van der Waals surface area contributed by atoms with Gasteiger partial charge in [-0.25, -0.2) is 4.79 Å². The molecule has 0 aliphatic rings. The molecule has 2 N–H and O–H groups in total. The third-order valence-corrected chi connectivity index (χ3v) is 4.03. The van der Waals surface area contributed by atoms with Crippen molar-refractivity contribution >= 4 is 33.9 Å². The van der Waals surface area contributed by atoms with E-state index in [4.69, 9.17) is 9.47 Å². The molecular formula is C18H16BrNO5. The summed E-state index contributed by atoms with van der Waals surface area (Å²) in [6.07, 6.45) is 1.33. The maximum atomic E-state index is 12.3. The summed E-state index contributed by atoms with van der Waals surface area (Å²) in [6.45, 7) is 0. The predicted molar refractivity (Wildman–Crippen MR) is 96.8 cm³/mol. The van der Waals surface area contributed by atoms with Crippen LogP contribution >= 0.6 is 15.9 Å². The average molecular weight is 406 g/mol. The standard InChI is InChI=1S/C18H16BrNO5/c1-24-12-8-7-11(16(10-12)25-2)9-15(18(22)23)20-17(21)13-5-3-4-6-14(13)19/h3-10H,1-2H3,(H,20,21)(H,22,23). The zero-order chi connectivity index (χ0) is 18.4. The van der Waals surface area contributed by atoms with Crippen LogP contribution in [-0.2, 0) is 4.79 Å². The molecule has 25 heavy (non-hydrogen) atoms. The van der Waals surface area contributed by atoms with Gasteiger partial charge in [-0.1, -0.05) is 12.1 Å². The predicted octanol–water partition coefficient (Wildman–Crippen LogP) is 3.32. The fraction of sp³-hybridized carbons (Fsp3) is 0.111. The molecule has 0 aliphatic heterocycles. The van der Waals surface area contributed by atoms with Gasteiger partial charge in [0.2, 0.25) is 0 Å². The second-order valence-electron chi connectivity index (χ2n) is 4.91. The summed E-state index contributed by atoms with van der Waals surface area (Å²) in [4.78, 5) is 23.8. The first-order valence-electron chi connectivity index (χ1n) is 7.19. The van der Waals surface area contributed by atoms with Crippen molar-refractivity contribution in [2.24, 2.45) is 0 Å². The molecule has 0 atom stereocenters. The smallest absolute Gasteiger partial charge is 0.352 e. The van der Waals surface area contributed by atoms with Gasteiger partial charge in [0.25, 0.3) is 5.91 Å². The van der Waals surface area contributed by atoms with Crippen LogP contribution in [0.5, 0.6) is 11.5 Å². The van der Waals surface area contributed by atoms with E-state index in [0.29, 0.717) is 27.1 Å². The zero-order valence-corrected chi connectivity index (χ0v) is 15.2. The monoisotopic (exact) mass is 405 g/mol. The molecule has 2 aromatic carbocycles.